The van der Waals surface area contributed by atoms with E-state index in [0.717, 1.165) is 51.4 Å². The lowest BCUT2D eigenvalue weighted by atomic mass is 9.99. The van der Waals surface area contributed by atoms with Gasteiger partial charge in [0.15, 0.2) is 0 Å². The average Bonchev–Trinajstić information content (AvgIpc) is 2.46. The summed E-state index contributed by atoms with van der Waals surface area (Å²) in [5, 5.41) is 15.3. The van der Waals surface area contributed by atoms with Crippen LogP contribution in [0.5, 0.6) is 0 Å². The minimum Gasteiger partial charge on any atom is -0.301 e. The van der Waals surface area contributed by atoms with Gasteiger partial charge < -0.3 is 10.8 Å². The molecule has 0 aliphatic rings. The third-order valence-electron chi connectivity index (χ3n) is 3.32. The topological polar surface area (TPSA) is 81.8 Å². The Morgan fingerprint density at radius 2 is 1.00 bits per heavy atom. The summed E-state index contributed by atoms with van der Waals surface area (Å²) in [6.45, 7) is 4.19. The van der Waals surface area contributed by atoms with E-state index in [2.05, 4.69) is 13.8 Å². The van der Waals surface area contributed by atoms with Gasteiger partial charge >= 0.3 is 0 Å². The van der Waals surface area contributed by atoms with E-state index in [-0.39, 0.29) is 11.4 Å². The third-order valence-corrected chi connectivity index (χ3v) is 3.32. The summed E-state index contributed by atoms with van der Waals surface area (Å²) >= 11 is 0. The molecule has 0 heterocycles. The van der Waals surface area contributed by atoms with Crippen LogP contribution in [0.15, 0.2) is 0 Å². The van der Waals surface area contributed by atoms with Gasteiger partial charge in [0.05, 0.1) is 11.4 Å². The monoisotopic (exact) mass is 280 g/mol. The molecule has 0 saturated carbocycles. The number of Topliss-reactive ketones (excluding diaryl/α,β-unsaturated/α-hetero) is 2. The fourth-order valence-corrected chi connectivity index (χ4v) is 1.96. The van der Waals surface area contributed by atoms with Crippen molar-refractivity contribution in [3.8, 4) is 0 Å². The molecule has 0 fully saturated rings. The molecule has 0 aliphatic heterocycles. The van der Waals surface area contributed by atoms with E-state index in [4.69, 9.17) is 10.8 Å². The van der Waals surface area contributed by atoms with Crippen LogP contribution in [0.25, 0.3) is 0 Å². The lowest BCUT2D eigenvalue weighted by Gasteiger charge is -2.04. The molecule has 0 spiro atoms. The minimum absolute atomic E-state index is 0.135. The summed E-state index contributed by atoms with van der Waals surface area (Å²) in [4.78, 5) is 23.4. The molecule has 0 saturated heterocycles. The SMILES string of the molecule is CCCCCCC(=N)C(=O)C(=O)C(=N)CCCCCC. The minimum atomic E-state index is -0.776. The molecule has 4 nitrogen and oxygen atoms in total. The third kappa shape index (κ3) is 7.97. The molecule has 0 aromatic rings. The highest BCUT2D eigenvalue weighted by Crippen LogP contribution is 2.06. The average molecular weight is 280 g/mol. The highest BCUT2D eigenvalue weighted by molar-refractivity contribution is 6.78. The van der Waals surface area contributed by atoms with E-state index in [9.17, 15) is 9.59 Å². The predicted molar refractivity (Wildman–Crippen MR) is 83.0 cm³/mol. The fourth-order valence-electron chi connectivity index (χ4n) is 1.96. The van der Waals surface area contributed by atoms with Crippen molar-refractivity contribution in [2.24, 2.45) is 0 Å². The molecule has 20 heavy (non-hydrogen) atoms. The quantitative estimate of drug-likeness (QED) is 0.302. The Kier molecular flexibility index (Phi) is 10.7. The van der Waals surface area contributed by atoms with Gasteiger partial charge in [0, 0.05) is 0 Å². The molecule has 0 aromatic heterocycles. The molecule has 114 valence electrons. The van der Waals surface area contributed by atoms with E-state index in [1.165, 1.54) is 0 Å². The maximum Gasteiger partial charge on any atom is 0.248 e. The van der Waals surface area contributed by atoms with Crippen molar-refractivity contribution >= 4 is 23.0 Å². The van der Waals surface area contributed by atoms with Gasteiger partial charge in [-0.15, -0.1) is 0 Å². The Balaban J connectivity index is 4.02. The van der Waals surface area contributed by atoms with E-state index >= 15 is 0 Å². The van der Waals surface area contributed by atoms with Gasteiger partial charge in [0.1, 0.15) is 0 Å². The highest BCUT2D eigenvalue weighted by Gasteiger charge is 2.22. The zero-order chi connectivity index (χ0) is 15.4. The van der Waals surface area contributed by atoms with Crippen LogP contribution < -0.4 is 0 Å². The van der Waals surface area contributed by atoms with Gasteiger partial charge in [-0.25, -0.2) is 0 Å². The molecule has 0 aliphatic carbocycles. The van der Waals surface area contributed by atoms with Crippen molar-refractivity contribution < 1.29 is 9.59 Å². The van der Waals surface area contributed by atoms with E-state index < -0.39 is 11.6 Å². The molecule has 4 heteroatoms. The normalized spacial score (nSPS) is 10.3. The molecule has 0 aromatic carbocycles. The molecular weight excluding hydrogens is 252 g/mol. The van der Waals surface area contributed by atoms with Gasteiger partial charge in [-0.05, 0) is 25.7 Å². The van der Waals surface area contributed by atoms with Crippen LogP contribution >= 0.6 is 0 Å². The number of unbranched alkanes of at least 4 members (excludes halogenated alkanes) is 6. The smallest absolute Gasteiger partial charge is 0.248 e. The maximum atomic E-state index is 11.7. The molecule has 2 N–H and O–H groups in total. The molecular formula is C16H28N2O2. The second-order valence-electron chi connectivity index (χ2n) is 5.24. The largest absolute Gasteiger partial charge is 0.301 e. The van der Waals surface area contributed by atoms with Crippen molar-refractivity contribution in [1.29, 1.82) is 10.8 Å². The van der Waals surface area contributed by atoms with Crippen LogP contribution in [-0.2, 0) is 9.59 Å². The molecule has 0 radical (unpaired) electrons. The first-order valence-corrected chi connectivity index (χ1v) is 7.78. The van der Waals surface area contributed by atoms with Crippen LogP contribution in [0.1, 0.15) is 78.1 Å². The Morgan fingerprint density at radius 1 is 0.650 bits per heavy atom. The molecule has 0 rings (SSSR count). The van der Waals surface area contributed by atoms with E-state index in [1.54, 1.807) is 0 Å². The summed E-state index contributed by atoms with van der Waals surface area (Å²) in [7, 11) is 0. The second-order valence-corrected chi connectivity index (χ2v) is 5.24. The molecule has 0 bridgehead atoms. The first kappa shape index (κ1) is 18.7. The summed E-state index contributed by atoms with van der Waals surface area (Å²) in [5.74, 6) is -1.55. The van der Waals surface area contributed by atoms with Crippen LogP contribution in [0.4, 0.5) is 0 Å². The number of hydrogen-bond donors (Lipinski definition) is 2. The summed E-state index contributed by atoms with van der Waals surface area (Å²) in [5.41, 5.74) is -0.270. The fraction of sp³-hybridized carbons (Fsp3) is 0.750. The van der Waals surface area contributed by atoms with Crippen molar-refractivity contribution in [2.45, 2.75) is 78.1 Å². The lowest BCUT2D eigenvalue weighted by Crippen LogP contribution is -2.29. The number of ketones is 2. The van der Waals surface area contributed by atoms with Crippen LogP contribution in [0, 0.1) is 10.8 Å². The first-order valence-electron chi connectivity index (χ1n) is 7.78. The Morgan fingerprint density at radius 3 is 1.30 bits per heavy atom. The van der Waals surface area contributed by atoms with Gasteiger partial charge in [-0.3, -0.25) is 9.59 Å². The van der Waals surface area contributed by atoms with Crippen molar-refractivity contribution in [3.63, 3.8) is 0 Å². The van der Waals surface area contributed by atoms with Crippen molar-refractivity contribution in [1.82, 2.24) is 0 Å². The van der Waals surface area contributed by atoms with E-state index in [0.29, 0.717) is 12.8 Å². The highest BCUT2D eigenvalue weighted by atomic mass is 16.2. The van der Waals surface area contributed by atoms with Gasteiger partial charge in [0.25, 0.3) is 0 Å². The number of nitrogens with one attached hydrogen (secondary N) is 2. The summed E-state index contributed by atoms with van der Waals surface area (Å²) in [6.07, 6.45) is 8.59. The van der Waals surface area contributed by atoms with Gasteiger partial charge in [0.2, 0.25) is 11.6 Å². The van der Waals surface area contributed by atoms with Crippen LogP contribution in [0.3, 0.4) is 0 Å². The first-order chi connectivity index (χ1) is 9.54. The Bertz CT molecular complexity index is 314. The van der Waals surface area contributed by atoms with Crippen LogP contribution in [0.2, 0.25) is 0 Å². The summed E-state index contributed by atoms with van der Waals surface area (Å²) < 4.78 is 0. The molecule has 0 amide bonds. The van der Waals surface area contributed by atoms with E-state index in [1.807, 2.05) is 0 Å². The number of carbonyl (C=O) groups excluding carboxylic acids is 2. The standard InChI is InChI=1S/C16H28N2O2/c1-3-5-7-9-11-13(17)15(19)16(20)14(18)12-10-8-6-4-2/h17-18H,3-12H2,1-2H3. The van der Waals surface area contributed by atoms with Crippen molar-refractivity contribution in [3.05, 3.63) is 0 Å². The molecule has 0 atom stereocenters. The predicted octanol–water partition coefficient (Wildman–Crippen LogP) is 4.10. The summed E-state index contributed by atoms with van der Waals surface area (Å²) in [6, 6.07) is 0. The Hall–Kier alpha value is -1.32. The van der Waals surface area contributed by atoms with Gasteiger partial charge in [-0.1, -0.05) is 52.4 Å². The second kappa shape index (κ2) is 11.5. The lowest BCUT2D eigenvalue weighted by molar-refractivity contribution is -0.129. The van der Waals surface area contributed by atoms with Crippen molar-refractivity contribution in [2.75, 3.05) is 0 Å². The Labute approximate surface area is 122 Å². The van der Waals surface area contributed by atoms with Gasteiger partial charge in [-0.2, -0.15) is 0 Å². The molecule has 0 unspecified atom stereocenters. The zero-order valence-corrected chi connectivity index (χ0v) is 12.9. The van der Waals surface area contributed by atoms with Crippen LogP contribution in [-0.4, -0.2) is 23.0 Å². The number of carbonyl (C=O) groups is 2. The number of rotatable bonds is 13. The number of hydrogen-bond acceptors (Lipinski definition) is 4. The zero-order valence-electron chi connectivity index (χ0n) is 12.9. The maximum absolute atomic E-state index is 11.7.